The molecule has 1 aliphatic rings. The van der Waals surface area contributed by atoms with Crippen molar-refractivity contribution in [2.75, 3.05) is 35.7 Å². The third kappa shape index (κ3) is 4.53. The van der Waals surface area contributed by atoms with Crippen molar-refractivity contribution in [2.24, 2.45) is 0 Å². The molecule has 1 aromatic carbocycles. The van der Waals surface area contributed by atoms with Gasteiger partial charge < -0.3 is 15.5 Å². The number of nitrogens with one attached hydrogen (secondary N) is 3. The molecule has 150 valence electrons. The van der Waals surface area contributed by atoms with Gasteiger partial charge in [-0.15, -0.1) is 0 Å². The number of carbonyl (C=O) groups is 1. The van der Waals surface area contributed by atoms with Crippen LogP contribution in [0.4, 0.5) is 17.3 Å². The SMILES string of the molecule is CN(CCCCCc1cc(-c2ccccc2)n[nH]1)c1ncnc2c1NC(=O)CN2. The van der Waals surface area contributed by atoms with Gasteiger partial charge in [-0.05, 0) is 25.3 Å². The van der Waals surface area contributed by atoms with Crippen LogP contribution in [0.3, 0.4) is 0 Å². The maximum absolute atomic E-state index is 11.7. The summed E-state index contributed by atoms with van der Waals surface area (Å²) in [5.41, 5.74) is 3.95. The van der Waals surface area contributed by atoms with Crippen LogP contribution in [0.15, 0.2) is 42.7 Å². The molecule has 0 radical (unpaired) electrons. The zero-order chi connectivity index (χ0) is 20.1. The number of nitrogens with zero attached hydrogens (tertiary/aromatic N) is 4. The number of unbranched alkanes of at least 4 members (excludes halogenated alkanes) is 2. The number of hydrogen-bond acceptors (Lipinski definition) is 6. The van der Waals surface area contributed by atoms with Gasteiger partial charge in [0.2, 0.25) is 5.91 Å². The Balaban J connectivity index is 1.24. The number of rotatable bonds is 8. The second-order valence-electron chi connectivity index (χ2n) is 7.20. The minimum absolute atomic E-state index is 0.0728. The van der Waals surface area contributed by atoms with Crippen LogP contribution in [-0.4, -0.2) is 46.2 Å². The average Bonchev–Trinajstić information content (AvgIpc) is 3.22. The van der Waals surface area contributed by atoms with Crippen molar-refractivity contribution >= 4 is 23.2 Å². The number of aromatic amines is 1. The van der Waals surface area contributed by atoms with Crippen molar-refractivity contribution in [3.8, 4) is 11.3 Å². The van der Waals surface area contributed by atoms with Crippen LogP contribution in [0.2, 0.25) is 0 Å². The van der Waals surface area contributed by atoms with Gasteiger partial charge in [-0.3, -0.25) is 9.89 Å². The van der Waals surface area contributed by atoms with E-state index in [0.29, 0.717) is 11.5 Å². The van der Waals surface area contributed by atoms with E-state index in [1.807, 2.05) is 25.2 Å². The molecule has 8 heteroatoms. The van der Waals surface area contributed by atoms with Gasteiger partial charge in [-0.25, -0.2) is 9.97 Å². The number of fused-ring (bicyclic) bond motifs is 1. The van der Waals surface area contributed by atoms with E-state index >= 15 is 0 Å². The number of aromatic nitrogens is 4. The number of anilines is 3. The van der Waals surface area contributed by atoms with Crippen LogP contribution in [0.1, 0.15) is 25.0 Å². The molecular weight excluding hydrogens is 366 g/mol. The Hall–Kier alpha value is -3.42. The van der Waals surface area contributed by atoms with Gasteiger partial charge in [0.15, 0.2) is 11.6 Å². The lowest BCUT2D eigenvalue weighted by Crippen LogP contribution is -2.31. The Kier molecular flexibility index (Phi) is 5.69. The van der Waals surface area contributed by atoms with E-state index in [2.05, 4.69) is 53.9 Å². The summed E-state index contributed by atoms with van der Waals surface area (Å²) in [7, 11) is 1.99. The Labute approximate surface area is 169 Å². The smallest absolute Gasteiger partial charge is 0.243 e. The van der Waals surface area contributed by atoms with Gasteiger partial charge in [0.25, 0.3) is 0 Å². The van der Waals surface area contributed by atoms with Crippen molar-refractivity contribution in [3.63, 3.8) is 0 Å². The zero-order valence-corrected chi connectivity index (χ0v) is 16.5. The van der Waals surface area contributed by atoms with Crippen LogP contribution in [0, 0.1) is 0 Å². The molecule has 29 heavy (non-hydrogen) atoms. The molecule has 0 bridgehead atoms. The number of amides is 1. The summed E-state index contributed by atoms with van der Waals surface area (Å²) >= 11 is 0. The van der Waals surface area contributed by atoms with E-state index in [1.165, 1.54) is 6.33 Å². The fourth-order valence-corrected chi connectivity index (χ4v) is 3.46. The Morgan fingerprint density at radius 2 is 1.97 bits per heavy atom. The van der Waals surface area contributed by atoms with E-state index < -0.39 is 0 Å². The highest BCUT2D eigenvalue weighted by molar-refractivity contribution is 6.02. The van der Waals surface area contributed by atoms with E-state index in [9.17, 15) is 4.79 Å². The fraction of sp³-hybridized carbons (Fsp3) is 0.333. The normalized spacial score (nSPS) is 12.8. The molecule has 3 aromatic rings. The van der Waals surface area contributed by atoms with Crippen LogP contribution >= 0.6 is 0 Å². The van der Waals surface area contributed by atoms with Crippen molar-refractivity contribution in [2.45, 2.75) is 25.7 Å². The molecule has 8 nitrogen and oxygen atoms in total. The minimum atomic E-state index is -0.0728. The molecule has 3 N–H and O–H groups in total. The van der Waals surface area contributed by atoms with Crippen LogP contribution < -0.4 is 15.5 Å². The zero-order valence-electron chi connectivity index (χ0n) is 16.5. The number of carbonyl (C=O) groups excluding carboxylic acids is 1. The summed E-state index contributed by atoms with van der Waals surface area (Å²) in [6, 6.07) is 12.3. The van der Waals surface area contributed by atoms with Gasteiger partial charge >= 0.3 is 0 Å². The lowest BCUT2D eigenvalue weighted by Gasteiger charge is -2.25. The molecule has 0 aliphatic carbocycles. The van der Waals surface area contributed by atoms with Crippen molar-refractivity contribution in [1.82, 2.24) is 20.2 Å². The summed E-state index contributed by atoms with van der Waals surface area (Å²) in [5, 5.41) is 13.4. The van der Waals surface area contributed by atoms with Crippen molar-refractivity contribution in [1.29, 1.82) is 0 Å². The quantitative estimate of drug-likeness (QED) is 0.511. The standard InChI is InChI=1S/C21H25N7O/c1-28(21-19-20(23-14-24-21)22-13-18(29)25-19)11-7-3-6-10-16-12-17(27-26-16)15-8-4-2-5-9-15/h2,4-5,8-9,12,14H,3,6-7,10-11,13H2,1H3,(H,25,29)(H,26,27)(H,22,23,24). The van der Waals surface area contributed by atoms with E-state index in [1.54, 1.807) is 0 Å². The molecule has 0 atom stereocenters. The van der Waals surface area contributed by atoms with Gasteiger partial charge in [0.1, 0.15) is 12.0 Å². The van der Waals surface area contributed by atoms with Gasteiger partial charge in [0.05, 0.1) is 12.2 Å². The Bertz CT molecular complexity index is 970. The molecule has 2 aromatic heterocycles. The van der Waals surface area contributed by atoms with Gasteiger partial charge in [-0.1, -0.05) is 36.8 Å². The van der Waals surface area contributed by atoms with Gasteiger partial charge in [-0.2, -0.15) is 5.10 Å². The first-order valence-electron chi connectivity index (χ1n) is 9.90. The molecule has 0 unspecified atom stereocenters. The summed E-state index contributed by atoms with van der Waals surface area (Å²) in [6.07, 6.45) is 5.73. The topological polar surface area (TPSA) is 98.8 Å². The highest BCUT2D eigenvalue weighted by Gasteiger charge is 2.21. The minimum Gasteiger partial charge on any atom is -0.359 e. The van der Waals surface area contributed by atoms with Crippen LogP contribution in [0.5, 0.6) is 0 Å². The number of H-pyrrole nitrogens is 1. The third-order valence-corrected chi connectivity index (χ3v) is 5.01. The van der Waals surface area contributed by atoms with Crippen LogP contribution in [-0.2, 0) is 11.2 Å². The molecular formula is C21H25N7O. The lowest BCUT2D eigenvalue weighted by atomic mass is 10.1. The summed E-state index contributed by atoms with van der Waals surface area (Å²) in [6.45, 7) is 1.10. The first-order chi connectivity index (χ1) is 14.2. The largest absolute Gasteiger partial charge is 0.359 e. The molecule has 0 saturated heterocycles. The molecule has 1 aliphatic heterocycles. The first-order valence-corrected chi connectivity index (χ1v) is 9.90. The average molecular weight is 391 g/mol. The van der Waals surface area contributed by atoms with Crippen LogP contribution in [0.25, 0.3) is 11.3 Å². The third-order valence-electron chi connectivity index (χ3n) is 5.01. The highest BCUT2D eigenvalue weighted by Crippen LogP contribution is 2.30. The number of aryl methyl sites for hydroxylation is 1. The molecule has 4 rings (SSSR count). The van der Waals surface area contributed by atoms with Crippen molar-refractivity contribution < 1.29 is 4.79 Å². The maximum atomic E-state index is 11.7. The molecule has 0 saturated carbocycles. The Morgan fingerprint density at radius 3 is 2.83 bits per heavy atom. The first kappa shape index (κ1) is 18.9. The van der Waals surface area contributed by atoms with E-state index in [4.69, 9.17) is 0 Å². The maximum Gasteiger partial charge on any atom is 0.243 e. The Morgan fingerprint density at radius 1 is 1.10 bits per heavy atom. The lowest BCUT2D eigenvalue weighted by molar-refractivity contribution is -0.114. The fourth-order valence-electron chi connectivity index (χ4n) is 3.46. The monoisotopic (exact) mass is 391 g/mol. The molecule has 1 amide bonds. The summed E-state index contributed by atoms with van der Waals surface area (Å²) < 4.78 is 0. The number of hydrogen-bond donors (Lipinski definition) is 3. The number of benzene rings is 1. The van der Waals surface area contributed by atoms with Crippen molar-refractivity contribution in [3.05, 3.63) is 48.4 Å². The second-order valence-corrected chi connectivity index (χ2v) is 7.20. The summed E-state index contributed by atoms with van der Waals surface area (Å²) in [5.74, 6) is 1.35. The highest BCUT2D eigenvalue weighted by atomic mass is 16.2. The summed E-state index contributed by atoms with van der Waals surface area (Å²) in [4.78, 5) is 22.3. The molecule has 3 heterocycles. The van der Waals surface area contributed by atoms with Gasteiger partial charge in [0, 0.05) is 24.8 Å². The predicted octanol–water partition coefficient (Wildman–Crippen LogP) is 3.08. The predicted molar refractivity (Wildman–Crippen MR) is 114 cm³/mol. The second kappa shape index (κ2) is 8.72. The van der Waals surface area contributed by atoms with E-state index in [0.717, 1.165) is 55.0 Å². The van der Waals surface area contributed by atoms with E-state index in [-0.39, 0.29) is 12.5 Å². The molecule has 0 fully saturated rings. The molecule has 0 spiro atoms.